The number of aliphatic carboxylic acids is 1. The Bertz CT molecular complexity index is 192. The highest BCUT2D eigenvalue weighted by Crippen LogP contribution is 2.28. The van der Waals surface area contributed by atoms with E-state index in [0.717, 1.165) is 0 Å². The van der Waals surface area contributed by atoms with Gasteiger partial charge in [-0.1, -0.05) is 0 Å². The molecule has 0 bridgehead atoms. The molecule has 1 fully saturated rings. The van der Waals surface area contributed by atoms with Crippen molar-refractivity contribution in [1.82, 2.24) is 0 Å². The first-order valence-corrected chi connectivity index (χ1v) is 3.42. The minimum absolute atomic E-state index is 0.423. The molecule has 12 heavy (non-hydrogen) atoms. The summed E-state index contributed by atoms with van der Waals surface area (Å²) in [6.45, 7) is -0.517. The van der Waals surface area contributed by atoms with Crippen molar-refractivity contribution in [2.24, 2.45) is 0 Å². The average molecular weight is 178 g/mol. The van der Waals surface area contributed by atoms with E-state index in [0.29, 0.717) is 0 Å². The van der Waals surface area contributed by atoms with Gasteiger partial charge in [-0.3, -0.25) is 0 Å². The van der Waals surface area contributed by atoms with E-state index in [4.69, 9.17) is 20.4 Å². The molecule has 0 aromatic heterocycles. The lowest BCUT2D eigenvalue weighted by Gasteiger charge is -2.16. The zero-order valence-corrected chi connectivity index (χ0v) is 6.17. The van der Waals surface area contributed by atoms with Crippen LogP contribution in [0.5, 0.6) is 0 Å². The van der Waals surface area contributed by atoms with Gasteiger partial charge in [-0.15, -0.1) is 0 Å². The van der Waals surface area contributed by atoms with Crippen LogP contribution in [-0.4, -0.2) is 51.0 Å². The Balaban J connectivity index is 2.70. The van der Waals surface area contributed by atoms with Gasteiger partial charge in [-0.05, 0) is 0 Å². The SMILES string of the molecule is O=C(O)C1(O)C[C@H](O)[C@H](CO)O1. The number of carboxylic acids is 1. The minimum Gasteiger partial charge on any atom is -0.477 e. The molecule has 1 aliphatic rings. The topological polar surface area (TPSA) is 107 Å². The fourth-order valence-electron chi connectivity index (χ4n) is 1.09. The molecular formula is C6H10O6. The average Bonchev–Trinajstić information content (AvgIpc) is 2.27. The van der Waals surface area contributed by atoms with Crippen molar-refractivity contribution < 1.29 is 30.0 Å². The van der Waals surface area contributed by atoms with Gasteiger partial charge in [0.15, 0.2) is 0 Å². The normalized spacial score (nSPS) is 41.6. The number of hydrogen-bond acceptors (Lipinski definition) is 5. The van der Waals surface area contributed by atoms with E-state index < -0.39 is 37.0 Å². The standard InChI is InChI=1S/C6H10O6/c7-2-4-3(8)1-6(11,12-4)5(9)10/h3-4,7-8,11H,1-2H2,(H,9,10)/t3-,4-,6?/m0/s1. The Morgan fingerprint density at radius 2 is 2.25 bits per heavy atom. The number of rotatable bonds is 2. The first kappa shape index (κ1) is 9.40. The van der Waals surface area contributed by atoms with Gasteiger partial charge in [0.2, 0.25) is 0 Å². The minimum atomic E-state index is -2.35. The smallest absolute Gasteiger partial charge is 0.364 e. The van der Waals surface area contributed by atoms with Crippen LogP contribution in [0, 0.1) is 0 Å². The van der Waals surface area contributed by atoms with Gasteiger partial charge >= 0.3 is 5.97 Å². The third kappa shape index (κ3) is 1.42. The van der Waals surface area contributed by atoms with E-state index >= 15 is 0 Å². The summed E-state index contributed by atoms with van der Waals surface area (Å²) < 4.78 is 4.53. The highest BCUT2D eigenvalue weighted by atomic mass is 16.7. The van der Waals surface area contributed by atoms with Crippen molar-refractivity contribution in [3.63, 3.8) is 0 Å². The number of carboxylic acid groups (broad SMARTS) is 1. The van der Waals surface area contributed by atoms with Crippen LogP contribution in [0.1, 0.15) is 6.42 Å². The number of ether oxygens (including phenoxy) is 1. The van der Waals surface area contributed by atoms with Gasteiger partial charge in [0.05, 0.1) is 12.7 Å². The summed E-state index contributed by atoms with van der Waals surface area (Å²) >= 11 is 0. The molecule has 0 radical (unpaired) electrons. The second kappa shape index (κ2) is 2.98. The van der Waals surface area contributed by atoms with Crippen LogP contribution in [0.25, 0.3) is 0 Å². The predicted octanol–water partition coefficient (Wildman–Crippen LogP) is -2.10. The van der Waals surface area contributed by atoms with Crippen LogP contribution >= 0.6 is 0 Å². The van der Waals surface area contributed by atoms with E-state index in [1.54, 1.807) is 0 Å². The molecule has 0 saturated carbocycles. The third-order valence-corrected chi connectivity index (χ3v) is 1.78. The molecule has 1 rings (SSSR count). The first-order chi connectivity index (χ1) is 5.49. The van der Waals surface area contributed by atoms with Gasteiger partial charge < -0.3 is 25.2 Å². The predicted molar refractivity (Wildman–Crippen MR) is 35.2 cm³/mol. The molecule has 4 N–H and O–H groups in total. The summed E-state index contributed by atoms with van der Waals surface area (Å²) in [7, 11) is 0. The van der Waals surface area contributed by atoms with Crippen molar-refractivity contribution in [2.45, 2.75) is 24.4 Å². The summed E-state index contributed by atoms with van der Waals surface area (Å²) in [6, 6.07) is 0. The van der Waals surface area contributed by atoms with Crippen molar-refractivity contribution in [3.8, 4) is 0 Å². The summed E-state index contributed by atoms with van der Waals surface area (Å²) in [5, 5.41) is 35.2. The van der Waals surface area contributed by atoms with Gasteiger partial charge in [-0.25, -0.2) is 4.79 Å². The molecule has 1 saturated heterocycles. The molecule has 6 heteroatoms. The largest absolute Gasteiger partial charge is 0.477 e. The fraction of sp³-hybridized carbons (Fsp3) is 0.833. The molecule has 0 spiro atoms. The quantitative estimate of drug-likeness (QED) is 0.386. The Kier molecular flexibility index (Phi) is 2.34. The van der Waals surface area contributed by atoms with Crippen molar-refractivity contribution in [2.75, 3.05) is 6.61 Å². The Hall–Kier alpha value is -0.690. The number of carbonyl (C=O) groups is 1. The summed E-state index contributed by atoms with van der Waals surface area (Å²) in [4.78, 5) is 10.4. The van der Waals surface area contributed by atoms with Crippen LogP contribution in [0.4, 0.5) is 0 Å². The molecule has 0 aromatic carbocycles. The summed E-state index contributed by atoms with van der Waals surface area (Å²) in [5.41, 5.74) is 0. The Labute approximate surface area is 68.0 Å². The molecule has 0 aliphatic carbocycles. The Morgan fingerprint density at radius 3 is 2.50 bits per heavy atom. The zero-order chi connectivity index (χ0) is 9.35. The third-order valence-electron chi connectivity index (χ3n) is 1.78. The first-order valence-electron chi connectivity index (χ1n) is 3.42. The molecule has 1 heterocycles. The fourth-order valence-corrected chi connectivity index (χ4v) is 1.09. The number of aliphatic hydroxyl groups excluding tert-OH is 2. The summed E-state index contributed by atoms with van der Waals surface area (Å²) in [5.74, 6) is -3.91. The molecule has 0 amide bonds. The maximum Gasteiger partial charge on any atom is 0.364 e. The van der Waals surface area contributed by atoms with E-state index in [1.165, 1.54) is 0 Å². The van der Waals surface area contributed by atoms with Gasteiger partial charge in [0.1, 0.15) is 6.10 Å². The number of hydrogen-bond donors (Lipinski definition) is 4. The maximum absolute atomic E-state index is 10.4. The second-order valence-corrected chi connectivity index (χ2v) is 2.70. The van der Waals surface area contributed by atoms with Crippen molar-refractivity contribution >= 4 is 5.97 Å². The lowest BCUT2D eigenvalue weighted by Crippen LogP contribution is -2.38. The molecule has 1 aliphatic heterocycles. The summed E-state index contributed by atoms with van der Waals surface area (Å²) in [6.07, 6.45) is -2.59. The molecule has 0 aromatic rings. The maximum atomic E-state index is 10.4. The molecular weight excluding hydrogens is 168 g/mol. The van der Waals surface area contributed by atoms with Gasteiger partial charge in [-0.2, -0.15) is 0 Å². The molecule has 3 atom stereocenters. The molecule has 1 unspecified atom stereocenters. The van der Waals surface area contributed by atoms with E-state index in [-0.39, 0.29) is 0 Å². The molecule has 70 valence electrons. The van der Waals surface area contributed by atoms with E-state index in [9.17, 15) is 4.79 Å². The van der Waals surface area contributed by atoms with Gasteiger partial charge in [0, 0.05) is 6.42 Å². The monoisotopic (exact) mass is 178 g/mol. The zero-order valence-electron chi connectivity index (χ0n) is 6.17. The lowest BCUT2D eigenvalue weighted by atomic mass is 10.1. The van der Waals surface area contributed by atoms with E-state index in [2.05, 4.69) is 4.74 Å². The van der Waals surface area contributed by atoms with Crippen molar-refractivity contribution in [3.05, 3.63) is 0 Å². The van der Waals surface area contributed by atoms with Crippen LogP contribution < -0.4 is 0 Å². The van der Waals surface area contributed by atoms with Crippen LogP contribution in [0.15, 0.2) is 0 Å². The van der Waals surface area contributed by atoms with E-state index in [1.807, 2.05) is 0 Å². The van der Waals surface area contributed by atoms with Crippen molar-refractivity contribution in [1.29, 1.82) is 0 Å². The highest BCUT2D eigenvalue weighted by Gasteiger charge is 2.50. The Morgan fingerprint density at radius 1 is 1.67 bits per heavy atom. The van der Waals surface area contributed by atoms with Crippen LogP contribution in [-0.2, 0) is 9.53 Å². The second-order valence-electron chi connectivity index (χ2n) is 2.70. The van der Waals surface area contributed by atoms with Crippen LogP contribution in [0.3, 0.4) is 0 Å². The highest BCUT2D eigenvalue weighted by molar-refractivity contribution is 5.75. The van der Waals surface area contributed by atoms with Crippen LogP contribution in [0.2, 0.25) is 0 Å². The molecule has 6 nitrogen and oxygen atoms in total. The van der Waals surface area contributed by atoms with Gasteiger partial charge in [0.25, 0.3) is 5.79 Å². The lowest BCUT2D eigenvalue weighted by molar-refractivity contribution is -0.219. The number of aliphatic hydroxyl groups is 3.